The third kappa shape index (κ3) is 9.25. The first-order valence-electron chi connectivity index (χ1n) is 4.04. The first-order chi connectivity index (χ1) is 7.19. The minimum atomic E-state index is -5.01. The van der Waals surface area contributed by atoms with Crippen LogP contribution < -0.4 is 18.1 Å². The molecule has 104 valence electrons. The monoisotopic (exact) mass is 357 g/mol. The number of nitrogens with two attached hydrogens (primary N) is 1. The van der Waals surface area contributed by atoms with Crippen LogP contribution in [0, 0.1) is 0 Å². The maximum Gasteiger partial charge on any atom is 2.00 e. The van der Waals surface area contributed by atoms with E-state index in [1.807, 2.05) is 0 Å². The fourth-order valence-electron chi connectivity index (χ4n) is 0.787. The van der Waals surface area contributed by atoms with Crippen LogP contribution in [0.1, 0.15) is 0 Å². The molecule has 0 aliphatic heterocycles. The van der Waals surface area contributed by atoms with Crippen molar-refractivity contribution in [3.05, 3.63) is 0 Å². The first-order valence-corrected chi connectivity index (χ1v) is 5.37. The molecule has 9 nitrogen and oxygen atoms in total. The standard InChI is InChI=1S/C6H13NO8S.ClH.Zn/c7-3(1-8)5(10)6(11)4(9)2-15-16(12,13)14;;/h1,3-6,9-11H,2,7H2,(H,12,13,14);1H;/q;;+2/p-2/t3-,4+,5+,6+;;/m0../s1. The molecule has 0 saturated carbocycles. The molecule has 0 fully saturated rings. The van der Waals surface area contributed by atoms with Crippen molar-refractivity contribution in [2.24, 2.45) is 5.73 Å². The topological polar surface area (TPSA) is 170 Å². The molecule has 0 unspecified atom stereocenters. The number of aliphatic hydroxyl groups is 3. The van der Waals surface area contributed by atoms with Gasteiger partial charge >= 0.3 is 19.5 Å². The summed E-state index contributed by atoms with van der Waals surface area (Å²) in [5.74, 6) is 0. The van der Waals surface area contributed by atoms with Crippen LogP contribution in [0.2, 0.25) is 0 Å². The number of carbonyl (C=O) groups excluding carboxylic acids is 1. The number of hydrogen-bond acceptors (Lipinski definition) is 9. The van der Waals surface area contributed by atoms with E-state index in [4.69, 9.17) is 21.1 Å². The van der Waals surface area contributed by atoms with Gasteiger partial charge in [-0.05, 0) is 0 Å². The minimum absolute atomic E-state index is 0. The average Bonchev–Trinajstić information content (AvgIpc) is 2.21. The molecular weight excluding hydrogens is 347 g/mol. The molecule has 18 heavy (non-hydrogen) atoms. The predicted octanol–water partition coefficient (Wildman–Crippen LogP) is -6.93. The van der Waals surface area contributed by atoms with E-state index in [0.29, 0.717) is 0 Å². The summed E-state index contributed by atoms with van der Waals surface area (Å²) in [5.41, 5.74) is 5.03. The van der Waals surface area contributed by atoms with Crippen LogP contribution in [-0.2, 0) is 38.9 Å². The van der Waals surface area contributed by atoms with Gasteiger partial charge in [-0.2, -0.15) is 0 Å². The van der Waals surface area contributed by atoms with Crippen LogP contribution in [-0.4, -0.2) is 65.5 Å². The Kier molecular flexibility index (Phi) is 13.2. The molecular formula is C6H12ClNO8SZn. The number of rotatable bonds is 7. The van der Waals surface area contributed by atoms with E-state index in [1.54, 1.807) is 0 Å². The molecule has 0 radical (unpaired) electrons. The summed E-state index contributed by atoms with van der Waals surface area (Å²) in [6.07, 6.45) is -5.46. The van der Waals surface area contributed by atoms with Crippen molar-refractivity contribution in [1.82, 2.24) is 0 Å². The van der Waals surface area contributed by atoms with E-state index in [1.165, 1.54) is 0 Å². The Morgan fingerprint density at radius 3 is 2.06 bits per heavy atom. The molecule has 0 rings (SSSR count). The van der Waals surface area contributed by atoms with Crippen molar-refractivity contribution < 1.29 is 69.2 Å². The third-order valence-electron chi connectivity index (χ3n) is 1.68. The Labute approximate surface area is 122 Å². The molecule has 0 amide bonds. The summed E-state index contributed by atoms with van der Waals surface area (Å²) >= 11 is 0. The van der Waals surface area contributed by atoms with Gasteiger partial charge in [-0.3, -0.25) is 4.18 Å². The van der Waals surface area contributed by atoms with Gasteiger partial charge in [0.25, 0.3) is 0 Å². The van der Waals surface area contributed by atoms with Gasteiger partial charge in [0.2, 0.25) is 10.4 Å². The maximum atomic E-state index is 10.1. The fourth-order valence-corrected chi connectivity index (χ4v) is 1.09. The summed E-state index contributed by atoms with van der Waals surface area (Å²) in [5, 5.41) is 27.4. The largest absolute Gasteiger partial charge is 2.00 e. The van der Waals surface area contributed by atoms with Crippen LogP contribution in [0.5, 0.6) is 0 Å². The SMILES string of the molecule is N[C@@H](C=O)[C@@H](O)[C@H](O)[C@H](O)COS(=O)(=O)[O-].[Cl-].[Zn+2]. The number of halogens is 1. The zero-order valence-corrected chi connectivity index (χ0v) is 13.6. The zero-order chi connectivity index (χ0) is 12.9. The molecule has 0 aromatic carbocycles. The van der Waals surface area contributed by atoms with Gasteiger partial charge in [0, 0.05) is 0 Å². The molecule has 5 N–H and O–H groups in total. The summed E-state index contributed by atoms with van der Waals surface area (Å²) in [4.78, 5) is 10.1. The van der Waals surface area contributed by atoms with E-state index in [2.05, 4.69) is 4.18 Å². The molecule has 0 heterocycles. The van der Waals surface area contributed by atoms with Crippen LogP contribution in [0.25, 0.3) is 0 Å². The molecule has 0 aromatic heterocycles. The summed E-state index contributed by atoms with van der Waals surface area (Å²) < 4.78 is 33.7. The van der Waals surface area contributed by atoms with Crippen molar-refractivity contribution >= 4 is 16.7 Å². The molecule has 0 saturated heterocycles. The van der Waals surface area contributed by atoms with Crippen molar-refractivity contribution in [2.45, 2.75) is 24.4 Å². The third-order valence-corrected chi connectivity index (χ3v) is 2.10. The molecule has 4 atom stereocenters. The second-order valence-corrected chi connectivity index (χ2v) is 4.01. The number of aldehydes is 1. The van der Waals surface area contributed by atoms with Gasteiger partial charge in [0.15, 0.2) is 0 Å². The smallest absolute Gasteiger partial charge is 1.00 e. The van der Waals surface area contributed by atoms with Gasteiger partial charge in [-0.25, -0.2) is 8.42 Å². The van der Waals surface area contributed by atoms with E-state index in [-0.39, 0.29) is 38.2 Å². The summed E-state index contributed by atoms with van der Waals surface area (Å²) in [7, 11) is -5.01. The zero-order valence-electron chi connectivity index (χ0n) is 9.05. The van der Waals surface area contributed by atoms with Crippen LogP contribution in [0.4, 0.5) is 0 Å². The molecule has 0 bridgehead atoms. The minimum Gasteiger partial charge on any atom is -1.00 e. The second-order valence-electron chi connectivity index (χ2n) is 2.95. The number of carbonyl (C=O) groups is 1. The summed E-state index contributed by atoms with van der Waals surface area (Å²) in [6, 6.07) is -1.45. The number of hydrogen-bond donors (Lipinski definition) is 4. The number of aliphatic hydroxyl groups excluding tert-OH is 3. The van der Waals surface area contributed by atoms with Gasteiger partial charge < -0.3 is 42.8 Å². The second kappa shape index (κ2) is 10.1. The molecule has 0 aliphatic rings. The van der Waals surface area contributed by atoms with Gasteiger partial charge in [0.1, 0.15) is 24.6 Å². The van der Waals surface area contributed by atoms with Crippen molar-refractivity contribution in [3.63, 3.8) is 0 Å². The van der Waals surface area contributed by atoms with Crippen molar-refractivity contribution in [1.29, 1.82) is 0 Å². The van der Waals surface area contributed by atoms with Crippen molar-refractivity contribution in [3.8, 4) is 0 Å². The molecule has 0 aliphatic carbocycles. The van der Waals surface area contributed by atoms with Gasteiger partial charge in [0.05, 0.1) is 12.6 Å². The molecule has 0 aromatic rings. The van der Waals surface area contributed by atoms with Crippen LogP contribution >= 0.6 is 0 Å². The quantitative estimate of drug-likeness (QED) is 0.149. The maximum absolute atomic E-state index is 10.1. The Morgan fingerprint density at radius 2 is 1.72 bits per heavy atom. The molecule has 0 spiro atoms. The van der Waals surface area contributed by atoms with E-state index in [9.17, 15) is 17.8 Å². The van der Waals surface area contributed by atoms with E-state index >= 15 is 0 Å². The fraction of sp³-hybridized carbons (Fsp3) is 0.833. The average molecular weight is 359 g/mol. The first kappa shape index (κ1) is 23.4. The van der Waals surface area contributed by atoms with E-state index in [0.717, 1.165) is 0 Å². The van der Waals surface area contributed by atoms with Gasteiger partial charge in [-0.15, -0.1) is 0 Å². The Morgan fingerprint density at radius 1 is 1.28 bits per heavy atom. The predicted molar refractivity (Wildman–Crippen MR) is 47.7 cm³/mol. The van der Waals surface area contributed by atoms with Crippen molar-refractivity contribution in [2.75, 3.05) is 6.61 Å². The van der Waals surface area contributed by atoms with E-state index < -0.39 is 41.4 Å². The Balaban J connectivity index is -0.00000112. The Hall–Kier alpha value is 0.293. The van der Waals surface area contributed by atoms with Gasteiger partial charge in [-0.1, -0.05) is 0 Å². The van der Waals surface area contributed by atoms with Crippen LogP contribution in [0.15, 0.2) is 0 Å². The van der Waals surface area contributed by atoms with Crippen LogP contribution in [0.3, 0.4) is 0 Å². The molecule has 12 heteroatoms. The normalized spacial score (nSPS) is 17.6. The summed E-state index contributed by atoms with van der Waals surface area (Å²) in [6.45, 7) is -1.05. The Bertz CT molecular complexity index is 328.